The van der Waals surface area contributed by atoms with Gasteiger partial charge in [0.15, 0.2) is 0 Å². The zero-order chi connectivity index (χ0) is 15.5. The number of rotatable bonds is 4. The predicted molar refractivity (Wildman–Crippen MR) is 90.1 cm³/mol. The third-order valence-electron chi connectivity index (χ3n) is 2.95. The van der Waals surface area contributed by atoms with Crippen molar-refractivity contribution in [3.8, 4) is 0 Å². The first-order valence-corrected chi connectivity index (χ1v) is 7.28. The fraction of sp³-hybridized carbons (Fsp3) is 0.471. The number of hydrogen-bond donors (Lipinski definition) is 1. The van der Waals surface area contributed by atoms with Crippen molar-refractivity contribution in [2.45, 2.75) is 53.9 Å². The Morgan fingerprint density at radius 3 is 2.35 bits per heavy atom. The van der Waals surface area contributed by atoms with Gasteiger partial charge in [0.05, 0.1) is 11.4 Å². The standard InChI is InChI=1S/C12H19N3.C5H10/c1-5-7-8-12-9(3)11(6-2)14-10(4)15(12)13;1-3-5-4-2/h6,8H,2,5,7,13H2,1,3-4H3;3,5H,4H2,1-2H3/b12-8+;5-3+. The molecular weight excluding hydrogens is 246 g/mol. The Bertz CT molecular complexity index is 426. The van der Waals surface area contributed by atoms with Gasteiger partial charge in [0.1, 0.15) is 5.84 Å². The van der Waals surface area contributed by atoms with Crippen LogP contribution >= 0.6 is 0 Å². The minimum atomic E-state index is 0.804. The number of nitrogens with two attached hydrogens (primary N) is 1. The fourth-order valence-corrected chi connectivity index (χ4v) is 1.77. The van der Waals surface area contributed by atoms with Crippen molar-refractivity contribution in [2.24, 2.45) is 10.8 Å². The van der Waals surface area contributed by atoms with Crippen LogP contribution in [0.2, 0.25) is 0 Å². The van der Waals surface area contributed by atoms with E-state index in [9.17, 15) is 0 Å². The van der Waals surface area contributed by atoms with Gasteiger partial charge < -0.3 is 0 Å². The second kappa shape index (κ2) is 10.2. The first kappa shape index (κ1) is 18.4. The van der Waals surface area contributed by atoms with E-state index in [1.165, 1.54) is 0 Å². The summed E-state index contributed by atoms with van der Waals surface area (Å²) < 4.78 is 0. The highest BCUT2D eigenvalue weighted by Crippen LogP contribution is 2.24. The summed E-state index contributed by atoms with van der Waals surface area (Å²) in [4.78, 5) is 4.36. The van der Waals surface area contributed by atoms with Gasteiger partial charge in [0.25, 0.3) is 0 Å². The number of hydrazine groups is 1. The van der Waals surface area contributed by atoms with Crippen molar-refractivity contribution in [1.82, 2.24) is 5.01 Å². The lowest BCUT2D eigenvalue weighted by Gasteiger charge is -2.27. The molecule has 0 saturated heterocycles. The minimum Gasteiger partial charge on any atom is -0.266 e. The quantitative estimate of drug-likeness (QED) is 0.596. The molecule has 3 heteroatoms. The Morgan fingerprint density at radius 2 is 1.95 bits per heavy atom. The smallest absolute Gasteiger partial charge is 0.120 e. The summed E-state index contributed by atoms with van der Waals surface area (Å²) in [6.07, 6.45) is 11.4. The molecule has 0 unspecified atom stereocenters. The van der Waals surface area contributed by atoms with Crippen molar-refractivity contribution >= 4 is 5.84 Å². The molecule has 0 saturated carbocycles. The van der Waals surface area contributed by atoms with E-state index in [2.05, 4.69) is 43.6 Å². The van der Waals surface area contributed by atoms with Crippen LogP contribution in [0.15, 0.2) is 52.8 Å². The van der Waals surface area contributed by atoms with Gasteiger partial charge in [-0.2, -0.15) is 0 Å². The Balaban J connectivity index is 0.000000621. The summed E-state index contributed by atoms with van der Waals surface area (Å²) in [7, 11) is 0. The number of hydrogen-bond acceptors (Lipinski definition) is 3. The van der Waals surface area contributed by atoms with E-state index >= 15 is 0 Å². The molecule has 0 fully saturated rings. The molecule has 0 spiro atoms. The fourth-order valence-electron chi connectivity index (χ4n) is 1.77. The lowest BCUT2D eigenvalue weighted by molar-refractivity contribution is 0.536. The highest BCUT2D eigenvalue weighted by molar-refractivity contribution is 5.84. The number of nitrogens with zero attached hydrogens (tertiary/aromatic N) is 2. The van der Waals surface area contributed by atoms with Crippen LogP contribution in [0.3, 0.4) is 0 Å². The molecule has 1 aliphatic rings. The van der Waals surface area contributed by atoms with Crippen LogP contribution in [0.1, 0.15) is 53.9 Å². The maximum Gasteiger partial charge on any atom is 0.120 e. The summed E-state index contributed by atoms with van der Waals surface area (Å²) in [5, 5.41) is 1.64. The maximum absolute atomic E-state index is 5.94. The van der Waals surface area contributed by atoms with Crippen LogP contribution in [-0.4, -0.2) is 10.8 Å². The molecule has 2 N–H and O–H groups in total. The van der Waals surface area contributed by atoms with E-state index in [-0.39, 0.29) is 0 Å². The largest absolute Gasteiger partial charge is 0.266 e. The molecule has 112 valence electrons. The number of allylic oxidation sites excluding steroid dienone is 5. The highest BCUT2D eigenvalue weighted by atomic mass is 15.4. The Hall–Kier alpha value is -1.61. The van der Waals surface area contributed by atoms with Crippen LogP contribution < -0.4 is 5.84 Å². The molecule has 0 aromatic heterocycles. The van der Waals surface area contributed by atoms with Crippen LogP contribution in [0.5, 0.6) is 0 Å². The molecule has 20 heavy (non-hydrogen) atoms. The topological polar surface area (TPSA) is 41.6 Å². The van der Waals surface area contributed by atoms with Gasteiger partial charge >= 0.3 is 0 Å². The van der Waals surface area contributed by atoms with Crippen molar-refractivity contribution < 1.29 is 0 Å². The number of aliphatic imine (C=N–C) groups is 1. The van der Waals surface area contributed by atoms with Gasteiger partial charge in [0, 0.05) is 0 Å². The first-order valence-electron chi connectivity index (χ1n) is 7.28. The summed E-state index contributed by atoms with van der Waals surface area (Å²) in [6, 6.07) is 0. The SMILES string of the molecule is C/C=C/CC.C=CC1=C(C)/C(=C\CCC)N(N)C(C)=N1. The lowest BCUT2D eigenvalue weighted by Crippen LogP contribution is -2.37. The lowest BCUT2D eigenvalue weighted by atomic mass is 10.1. The second-order valence-electron chi connectivity index (χ2n) is 4.60. The molecule has 1 rings (SSSR count). The molecule has 1 aliphatic heterocycles. The van der Waals surface area contributed by atoms with E-state index < -0.39 is 0 Å². The van der Waals surface area contributed by atoms with Gasteiger partial charge in [-0.1, -0.05) is 45.1 Å². The van der Waals surface area contributed by atoms with Crippen LogP contribution in [0, 0.1) is 0 Å². The molecule has 0 aliphatic carbocycles. The second-order valence-corrected chi connectivity index (χ2v) is 4.60. The Labute approximate surface area is 124 Å². The van der Waals surface area contributed by atoms with Gasteiger partial charge in [-0.25, -0.2) is 10.8 Å². The Morgan fingerprint density at radius 1 is 1.30 bits per heavy atom. The highest BCUT2D eigenvalue weighted by Gasteiger charge is 2.17. The third-order valence-corrected chi connectivity index (χ3v) is 2.95. The molecular formula is C17H29N3. The predicted octanol–water partition coefficient (Wildman–Crippen LogP) is 4.71. The van der Waals surface area contributed by atoms with Gasteiger partial charge in [0.2, 0.25) is 0 Å². The van der Waals surface area contributed by atoms with E-state index in [1.807, 2.05) is 20.8 Å². The average molecular weight is 275 g/mol. The van der Waals surface area contributed by atoms with E-state index in [0.29, 0.717) is 0 Å². The van der Waals surface area contributed by atoms with Crippen molar-refractivity contribution in [3.05, 3.63) is 47.9 Å². The molecule has 0 amide bonds. The zero-order valence-corrected chi connectivity index (χ0v) is 13.6. The third kappa shape index (κ3) is 5.57. The number of unbranched alkanes of at least 4 members (excludes halogenated alkanes) is 1. The average Bonchev–Trinajstić information content (AvgIpc) is 2.44. The van der Waals surface area contributed by atoms with E-state index in [1.54, 1.807) is 11.1 Å². The molecule has 0 aromatic carbocycles. The van der Waals surface area contributed by atoms with Gasteiger partial charge in [-0.15, -0.1) is 0 Å². The maximum atomic E-state index is 5.94. The van der Waals surface area contributed by atoms with Crippen molar-refractivity contribution in [1.29, 1.82) is 0 Å². The molecule has 0 atom stereocenters. The van der Waals surface area contributed by atoms with Crippen molar-refractivity contribution in [3.63, 3.8) is 0 Å². The molecule has 0 aromatic rings. The van der Waals surface area contributed by atoms with Crippen LogP contribution in [0.4, 0.5) is 0 Å². The summed E-state index contributed by atoms with van der Waals surface area (Å²) in [5.41, 5.74) is 3.04. The summed E-state index contributed by atoms with van der Waals surface area (Å²) in [5.74, 6) is 6.74. The first-order chi connectivity index (χ1) is 9.53. The van der Waals surface area contributed by atoms with Gasteiger partial charge in [-0.3, -0.25) is 5.01 Å². The Kier molecular flexibility index (Phi) is 9.39. The van der Waals surface area contributed by atoms with Gasteiger partial charge in [-0.05, 0) is 45.3 Å². The van der Waals surface area contributed by atoms with Crippen molar-refractivity contribution in [2.75, 3.05) is 0 Å². The molecule has 1 heterocycles. The van der Waals surface area contributed by atoms with Crippen LogP contribution in [0.25, 0.3) is 0 Å². The van der Waals surface area contributed by atoms with E-state index in [0.717, 1.165) is 42.1 Å². The molecule has 0 radical (unpaired) electrons. The summed E-state index contributed by atoms with van der Waals surface area (Å²) in [6.45, 7) is 14.0. The normalized spacial score (nSPS) is 17.2. The van der Waals surface area contributed by atoms with E-state index in [4.69, 9.17) is 5.84 Å². The monoisotopic (exact) mass is 275 g/mol. The molecule has 0 bridgehead atoms. The minimum absolute atomic E-state index is 0.804. The zero-order valence-electron chi connectivity index (χ0n) is 13.6. The van der Waals surface area contributed by atoms with Crippen LogP contribution in [-0.2, 0) is 0 Å². The summed E-state index contributed by atoms with van der Waals surface area (Å²) >= 11 is 0. The number of amidine groups is 1. The molecule has 3 nitrogen and oxygen atoms in total.